The molecule has 0 radical (unpaired) electrons. The number of carbonyl (C=O) groups is 2. The number of anilines is 2. The smallest absolute Gasteiger partial charge is 0.243 e. The molecular formula is C49H55N9O6S. The van der Waals surface area contributed by atoms with Crippen LogP contribution in [0.1, 0.15) is 93.8 Å². The van der Waals surface area contributed by atoms with E-state index in [0.29, 0.717) is 41.3 Å². The molecule has 2 aromatic carbocycles. The van der Waals surface area contributed by atoms with Crippen molar-refractivity contribution < 1.29 is 28.7 Å². The third-order valence-electron chi connectivity index (χ3n) is 12.8. The number of para-hydroxylation sites is 1. The highest BCUT2D eigenvalue weighted by Gasteiger charge is 2.41. The summed E-state index contributed by atoms with van der Waals surface area (Å²) in [7, 11) is 0. The van der Waals surface area contributed by atoms with E-state index in [1.165, 1.54) is 0 Å². The number of amides is 2. The maximum absolute atomic E-state index is 14.2. The highest BCUT2D eigenvalue weighted by molar-refractivity contribution is 7.13. The van der Waals surface area contributed by atoms with Crippen LogP contribution < -0.4 is 16.0 Å². The van der Waals surface area contributed by atoms with E-state index in [1.54, 1.807) is 51.2 Å². The van der Waals surface area contributed by atoms with Gasteiger partial charge in [0.15, 0.2) is 11.6 Å². The van der Waals surface area contributed by atoms with Crippen LogP contribution >= 0.6 is 11.3 Å². The van der Waals surface area contributed by atoms with Gasteiger partial charge >= 0.3 is 0 Å². The summed E-state index contributed by atoms with van der Waals surface area (Å²) in [5.74, 6) is 7.37. The molecule has 65 heavy (non-hydrogen) atoms. The van der Waals surface area contributed by atoms with Gasteiger partial charge in [-0.25, -0.2) is 9.97 Å². The summed E-state index contributed by atoms with van der Waals surface area (Å²) < 4.78 is 20.1. The van der Waals surface area contributed by atoms with Gasteiger partial charge in [0.1, 0.15) is 30.1 Å². The number of benzene rings is 2. The second-order valence-electron chi connectivity index (χ2n) is 17.7. The molecule has 16 heteroatoms. The first-order valence-corrected chi connectivity index (χ1v) is 23.4. The molecule has 4 aromatic heterocycles. The lowest BCUT2D eigenvalue weighted by Crippen LogP contribution is -2.48. The van der Waals surface area contributed by atoms with E-state index in [4.69, 9.17) is 19.7 Å². The number of nitrogens with zero attached hydrogens (tertiary/aromatic N) is 7. The number of nitrogens with two attached hydrogens (primary N) is 1. The molecule has 2 aliphatic heterocycles. The minimum atomic E-state index is -0.557. The van der Waals surface area contributed by atoms with E-state index in [1.807, 2.05) is 57.5 Å². The molecule has 3 atom stereocenters. The standard InChI is InChI=1S/C49H55N9O6S/c1-29(2)44(48(61)58-19-7-11-40(58)47(60)52-30(3)32-13-15-33(16-14-32)45-31(4)51-28-65-45)42-25-43(55-64-42)56-20-17-35(18-21-56)63-37-23-36(24-37)62-22-8-9-34-26-57-27-39(53-49(57)54-46(34)50)38-10-5-6-12-41(38)59/h5-6,10,12-16,25-30,35-37,40,44,59H,7,11,17-24H2,1-4H3,(H,52,60)(H2,50,53,54). The molecule has 9 rings (SSSR count). The Bertz CT molecular complexity index is 2700. The Labute approximate surface area is 382 Å². The summed E-state index contributed by atoms with van der Waals surface area (Å²) in [6.07, 6.45) is 8.67. The second-order valence-corrected chi connectivity index (χ2v) is 18.5. The number of piperidine rings is 1. The largest absolute Gasteiger partial charge is 0.507 e. The number of aryl methyl sites for hydroxylation is 1. The number of nitrogens with one attached hydrogen (secondary N) is 1. The van der Waals surface area contributed by atoms with Gasteiger partial charge in [0.2, 0.25) is 17.6 Å². The molecule has 0 bridgehead atoms. The molecule has 3 unspecified atom stereocenters. The second kappa shape index (κ2) is 19.1. The predicted molar refractivity (Wildman–Crippen MR) is 248 cm³/mol. The summed E-state index contributed by atoms with van der Waals surface area (Å²) in [6.45, 7) is 10.3. The van der Waals surface area contributed by atoms with Crippen LogP contribution in [-0.2, 0) is 19.1 Å². The van der Waals surface area contributed by atoms with Gasteiger partial charge in [-0.15, -0.1) is 11.3 Å². The van der Waals surface area contributed by atoms with Crippen LogP contribution in [-0.4, -0.2) is 96.9 Å². The van der Waals surface area contributed by atoms with E-state index >= 15 is 0 Å². The first-order chi connectivity index (χ1) is 31.5. The van der Waals surface area contributed by atoms with Gasteiger partial charge in [-0.1, -0.05) is 67.2 Å². The monoisotopic (exact) mass is 897 g/mol. The van der Waals surface area contributed by atoms with Crippen LogP contribution in [0.15, 0.2) is 77.0 Å². The number of carbonyl (C=O) groups excluding carboxylic acids is 2. The van der Waals surface area contributed by atoms with Gasteiger partial charge < -0.3 is 40.0 Å². The minimum absolute atomic E-state index is 0.0608. The number of imidazole rings is 1. The number of hydrogen-bond acceptors (Lipinski definition) is 13. The number of rotatable bonds is 13. The molecule has 338 valence electrons. The zero-order valence-corrected chi connectivity index (χ0v) is 38.0. The fourth-order valence-corrected chi connectivity index (χ4v) is 9.90. The first-order valence-electron chi connectivity index (χ1n) is 22.5. The SMILES string of the molecule is Cc1ncsc1-c1ccc(C(C)NC(=O)C2CCCN2C(=O)C(c2cc(N3CCC(OC4CC(OCC#Cc5cn6cc(-c7ccccc7O)nc6nc5N)C4)CC3)no2)C(C)C)cc1. The van der Waals surface area contributed by atoms with Gasteiger partial charge in [-0.2, -0.15) is 4.98 Å². The van der Waals surface area contributed by atoms with Crippen LogP contribution in [0.5, 0.6) is 5.75 Å². The van der Waals surface area contributed by atoms with Crippen LogP contribution in [0, 0.1) is 24.7 Å². The number of phenolic OH excluding ortho intramolecular Hbond substituents is 1. The topological polar surface area (TPSA) is 186 Å². The van der Waals surface area contributed by atoms with Crippen molar-refractivity contribution in [2.75, 3.05) is 36.9 Å². The number of ether oxygens (including phenoxy) is 2. The van der Waals surface area contributed by atoms with Crippen molar-refractivity contribution in [1.82, 2.24) is 34.7 Å². The molecule has 1 aliphatic carbocycles. The van der Waals surface area contributed by atoms with Gasteiger partial charge in [0.05, 0.1) is 51.7 Å². The quantitative estimate of drug-likeness (QED) is 0.0985. The summed E-state index contributed by atoms with van der Waals surface area (Å²) in [4.78, 5) is 46.3. The number of hydrogen-bond donors (Lipinski definition) is 3. The molecule has 3 fully saturated rings. The van der Waals surface area contributed by atoms with Crippen molar-refractivity contribution in [3.8, 4) is 39.3 Å². The van der Waals surface area contributed by atoms with Crippen LogP contribution in [0.25, 0.3) is 27.5 Å². The van der Waals surface area contributed by atoms with E-state index < -0.39 is 12.0 Å². The van der Waals surface area contributed by atoms with Crippen molar-refractivity contribution in [1.29, 1.82) is 0 Å². The van der Waals surface area contributed by atoms with Crippen molar-refractivity contribution in [3.63, 3.8) is 0 Å². The lowest BCUT2D eigenvalue weighted by molar-refractivity contribution is -0.141. The van der Waals surface area contributed by atoms with Crippen molar-refractivity contribution >= 4 is 40.6 Å². The number of nitrogen functional groups attached to an aromatic ring is 1. The normalized spacial score (nSPS) is 19.8. The summed E-state index contributed by atoms with van der Waals surface area (Å²) in [6, 6.07) is 16.4. The van der Waals surface area contributed by atoms with Crippen molar-refractivity contribution in [3.05, 3.63) is 95.1 Å². The van der Waals surface area contributed by atoms with Crippen LogP contribution in [0.3, 0.4) is 0 Å². The van der Waals surface area contributed by atoms with Crippen molar-refractivity contribution in [2.45, 2.75) is 103 Å². The zero-order valence-electron chi connectivity index (χ0n) is 37.1. The summed E-state index contributed by atoms with van der Waals surface area (Å²) in [5, 5.41) is 17.8. The Morgan fingerprint density at radius 2 is 1.78 bits per heavy atom. The number of likely N-dealkylation sites (tertiary alicyclic amines) is 1. The molecule has 6 aromatic rings. The van der Waals surface area contributed by atoms with E-state index in [9.17, 15) is 14.7 Å². The number of aromatic nitrogens is 5. The van der Waals surface area contributed by atoms with Gasteiger partial charge in [0.25, 0.3) is 0 Å². The Balaban J connectivity index is 0.718. The number of thiazole rings is 1. The van der Waals surface area contributed by atoms with E-state index in [-0.39, 0.29) is 60.3 Å². The molecule has 6 heterocycles. The average Bonchev–Trinajstić information content (AvgIpc) is 4.12. The third kappa shape index (κ3) is 9.59. The summed E-state index contributed by atoms with van der Waals surface area (Å²) >= 11 is 1.61. The maximum atomic E-state index is 14.2. The summed E-state index contributed by atoms with van der Waals surface area (Å²) in [5.41, 5.74) is 12.9. The molecule has 0 spiro atoms. The zero-order chi connectivity index (χ0) is 45.2. The Morgan fingerprint density at radius 3 is 2.52 bits per heavy atom. The van der Waals surface area contributed by atoms with Gasteiger partial charge in [-0.3, -0.25) is 14.0 Å². The Morgan fingerprint density at radius 1 is 1.00 bits per heavy atom. The number of fused-ring (bicyclic) bond motifs is 1. The average molecular weight is 898 g/mol. The maximum Gasteiger partial charge on any atom is 0.243 e. The van der Waals surface area contributed by atoms with Crippen molar-refractivity contribution in [2.24, 2.45) is 5.92 Å². The molecule has 2 amide bonds. The minimum Gasteiger partial charge on any atom is -0.507 e. The molecule has 2 saturated heterocycles. The Kier molecular flexibility index (Phi) is 12.9. The Hall–Kier alpha value is -6.28. The first kappa shape index (κ1) is 43.9. The fourth-order valence-electron chi connectivity index (χ4n) is 9.09. The predicted octanol–water partition coefficient (Wildman–Crippen LogP) is 7.30. The third-order valence-corrected chi connectivity index (χ3v) is 13.8. The lowest BCUT2D eigenvalue weighted by Gasteiger charge is -2.39. The molecule has 3 aliphatic rings. The number of aromatic hydroxyl groups is 1. The molecule has 1 saturated carbocycles. The number of phenols is 1. The molecule has 15 nitrogen and oxygen atoms in total. The fraction of sp³-hybridized carbons (Fsp3) is 0.429. The molecule has 4 N–H and O–H groups in total. The highest BCUT2D eigenvalue weighted by atomic mass is 32.1. The van der Waals surface area contributed by atoms with Crippen LogP contribution in [0.4, 0.5) is 11.6 Å². The van der Waals surface area contributed by atoms with Gasteiger partial charge in [-0.05, 0) is 68.7 Å². The molecular weight excluding hydrogens is 843 g/mol. The van der Waals surface area contributed by atoms with E-state index in [0.717, 1.165) is 72.7 Å². The highest BCUT2D eigenvalue weighted by Crippen LogP contribution is 2.35. The van der Waals surface area contributed by atoms with E-state index in [2.05, 4.69) is 54.3 Å². The lowest BCUT2D eigenvalue weighted by atomic mass is 9.91. The van der Waals surface area contributed by atoms with Gasteiger partial charge in [0, 0.05) is 56.5 Å². The van der Waals surface area contributed by atoms with Crippen LogP contribution in [0.2, 0.25) is 0 Å².